The van der Waals surface area contributed by atoms with Crippen LogP contribution in [0.5, 0.6) is 5.88 Å². The molecule has 5 heteroatoms. The number of nitrogens with zero attached hydrogens (tertiary/aromatic N) is 2. The van der Waals surface area contributed by atoms with Crippen LogP contribution >= 0.6 is 0 Å². The Morgan fingerprint density at radius 2 is 2.13 bits per heavy atom. The van der Waals surface area contributed by atoms with Crippen molar-refractivity contribution < 1.29 is 15.0 Å². The van der Waals surface area contributed by atoms with Crippen LogP contribution in [-0.2, 0) is 11.2 Å². The van der Waals surface area contributed by atoms with Gasteiger partial charge in [-0.3, -0.25) is 4.79 Å². The van der Waals surface area contributed by atoms with Crippen LogP contribution in [0.3, 0.4) is 0 Å². The number of carboxylic acids is 1. The minimum atomic E-state index is -0.900. The van der Waals surface area contributed by atoms with Gasteiger partial charge in [0, 0.05) is 0 Å². The summed E-state index contributed by atoms with van der Waals surface area (Å²) < 4.78 is 0. The van der Waals surface area contributed by atoms with E-state index in [-0.39, 0.29) is 12.3 Å². The Kier molecular flexibility index (Phi) is 2.21. The topological polar surface area (TPSA) is 83.3 Å². The number of carbonyl (C=O) groups is 1. The Bertz CT molecular complexity index is 525. The van der Waals surface area contributed by atoms with Gasteiger partial charge >= 0.3 is 5.97 Å². The Labute approximate surface area is 85.0 Å². The van der Waals surface area contributed by atoms with Gasteiger partial charge in [-0.25, -0.2) is 9.97 Å². The van der Waals surface area contributed by atoms with E-state index < -0.39 is 5.97 Å². The van der Waals surface area contributed by atoms with Gasteiger partial charge in [-0.1, -0.05) is 6.07 Å². The standard InChI is InChI=1S/C10H8N2O3/c13-9-5-11-7-2-1-6(4-10(14)15)3-8(7)12-9/h1-3,5H,4H2,(H,12,13)(H,14,15). The normalized spacial score (nSPS) is 10.4. The van der Waals surface area contributed by atoms with Gasteiger partial charge in [0.05, 0.1) is 23.7 Å². The number of fused-ring (bicyclic) bond motifs is 1. The number of carboxylic acid groups (broad SMARTS) is 1. The van der Waals surface area contributed by atoms with Crippen LogP contribution in [0.1, 0.15) is 5.56 Å². The average molecular weight is 204 g/mol. The van der Waals surface area contributed by atoms with Crippen LogP contribution in [0.25, 0.3) is 11.0 Å². The van der Waals surface area contributed by atoms with Crippen molar-refractivity contribution in [2.75, 3.05) is 0 Å². The van der Waals surface area contributed by atoms with Crippen LogP contribution in [0.2, 0.25) is 0 Å². The van der Waals surface area contributed by atoms with E-state index in [0.717, 1.165) is 0 Å². The molecule has 0 spiro atoms. The molecule has 0 amide bonds. The maximum Gasteiger partial charge on any atom is 0.307 e. The molecule has 15 heavy (non-hydrogen) atoms. The lowest BCUT2D eigenvalue weighted by Crippen LogP contribution is -2.00. The lowest BCUT2D eigenvalue weighted by Gasteiger charge is -2.00. The zero-order chi connectivity index (χ0) is 10.8. The number of hydrogen-bond acceptors (Lipinski definition) is 4. The monoisotopic (exact) mass is 204 g/mol. The number of aliphatic carboxylic acids is 1. The first kappa shape index (κ1) is 9.39. The smallest absolute Gasteiger partial charge is 0.307 e. The van der Waals surface area contributed by atoms with Gasteiger partial charge in [0.2, 0.25) is 5.88 Å². The zero-order valence-corrected chi connectivity index (χ0v) is 7.71. The minimum Gasteiger partial charge on any atom is -0.492 e. The molecule has 0 radical (unpaired) electrons. The summed E-state index contributed by atoms with van der Waals surface area (Å²) in [6.07, 6.45) is 1.19. The van der Waals surface area contributed by atoms with Gasteiger partial charge in [-0.2, -0.15) is 0 Å². The van der Waals surface area contributed by atoms with Crippen molar-refractivity contribution >= 4 is 17.0 Å². The number of benzene rings is 1. The molecular weight excluding hydrogens is 196 g/mol. The fraction of sp³-hybridized carbons (Fsp3) is 0.100. The third-order valence-electron chi connectivity index (χ3n) is 1.95. The van der Waals surface area contributed by atoms with Crippen LogP contribution in [-0.4, -0.2) is 26.2 Å². The Hall–Kier alpha value is -2.17. The van der Waals surface area contributed by atoms with Gasteiger partial charge in [0.25, 0.3) is 0 Å². The number of aromatic nitrogens is 2. The summed E-state index contributed by atoms with van der Waals surface area (Å²) in [6.45, 7) is 0. The maximum absolute atomic E-state index is 10.5. The van der Waals surface area contributed by atoms with Gasteiger partial charge in [0.15, 0.2) is 0 Å². The van der Waals surface area contributed by atoms with Crippen LogP contribution in [0.4, 0.5) is 0 Å². The third kappa shape index (κ3) is 2.01. The molecule has 1 aromatic heterocycles. The second kappa shape index (κ2) is 3.53. The molecule has 5 nitrogen and oxygen atoms in total. The SMILES string of the molecule is O=C(O)Cc1ccc2ncc(O)nc2c1. The Balaban J connectivity index is 2.49. The molecule has 1 aromatic carbocycles. The average Bonchev–Trinajstić information content (AvgIpc) is 2.16. The first-order valence-corrected chi connectivity index (χ1v) is 4.31. The first-order chi connectivity index (χ1) is 7.15. The second-order valence-electron chi connectivity index (χ2n) is 3.12. The predicted octanol–water partition coefficient (Wildman–Crippen LogP) is 0.962. The highest BCUT2D eigenvalue weighted by Gasteiger charge is 2.03. The molecule has 0 aliphatic carbocycles. The Morgan fingerprint density at radius 1 is 1.33 bits per heavy atom. The highest BCUT2D eigenvalue weighted by atomic mass is 16.4. The molecular formula is C10H8N2O3. The summed E-state index contributed by atoms with van der Waals surface area (Å²) >= 11 is 0. The third-order valence-corrected chi connectivity index (χ3v) is 1.95. The van der Waals surface area contributed by atoms with Crippen molar-refractivity contribution in [2.24, 2.45) is 0 Å². The zero-order valence-electron chi connectivity index (χ0n) is 7.71. The van der Waals surface area contributed by atoms with Gasteiger partial charge < -0.3 is 10.2 Å². The van der Waals surface area contributed by atoms with Crippen LogP contribution in [0.15, 0.2) is 24.4 Å². The van der Waals surface area contributed by atoms with E-state index in [1.54, 1.807) is 18.2 Å². The molecule has 2 rings (SSSR count). The molecule has 0 aliphatic heterocycles. The minimum absolute atomic E-state index is 0.0622. The van der Waals surface area contributed by atoms with E-state index in [9.17, 15) is 4.79 Å². The summed E-state index contributed by atoms with van der Waals surface area (Å²) in [6, 6.07) is 4.97. The van der Waals surface area contributed by atoms with Crippen molar-refractivity contribution in [1.82, 2.24) is 9.97 Å². The lowest BCUT2D eigenvalue weighted by atomic mass is 10.1. The van der Waals surface area contributed by atoms with Crippen molar-refractivity contribution in [3.63, 3.8) is 0 Å². The molecule has 0 unspecified atom stereocenters. The molecule has 0 aliphatic rings. The van der Waals surface area contributed by atoms with Gasteiger partial charge in [-0.15, -0.1) is 0 Å². The molecule has 0 bridgehead atoms. The summed E-state index contributed by atoms with van der Waals surface area (Å²) in [5.74, 6) is -1.07. The quantitative estimate of drug-likeness (QED) is 0.761. The lowest BCUT2D eigenvalue weighted by molar-refractivity contribution is -0.136. The van der Waals surface area contributed by atoms with Crippen molar-refractivity contribution in [2.45, 2.75) is 6.42 Å². The maximum atomic E-state index is 10.5. The fourth-order valence-electron chi connectivity index (χ4n) is 1.33. The van der Waals surface area contributed by atoms with E-state index >= 15 is 0 Å². The van der Waals surface area contributed by atoms with Crippen molar-refractivity contribution in [1.29, 1.82) is 0 Å². The van der Waals surface area contributed by atoms with Gasteiger partial charge in [-0.05, 0) is 17.7 Å². The molecule has 0 saturated heterocycles. The van der Waals surface area contributed by atoms with E-state index in [4.69, 9.17) is 10.2 Å². The number of hydrogen-bond donors (Lipinski definition) is 2. The van der Waals surface area contributed by atoms with E-state index in [2.05, 4.69) is 9.97 Å². The molecule has 2 aromatic rings. The van der Waals surface area contributed by atoms with Crippen LogP contribution < -0.4 is 0 Å². The van der Waals surface area contributed by atoms with Crippen molar-refractivity contribution in [3.05, 3.63) is 30.0 Å². The van der Waals surface area contributed by atoms with E-state index in [1.807, 2.05) is 0 Å². The molecule has 76 valence electrons. The van der Waals surface area contributed by atoms with E-state index in [1.165, 1.54) is 6.20 Å². The summed E-state index contributed by atoms with van der Waals surface area (Å²) in [7, 11) is 0. The highest BCUT2D eigenvalue weighted by molar-refractivity contribution is 5.77. The molecule has 1 heterocycles. The first-order valence-electron chi connectivity index (χ1n) is 4.31. The number of rotatable bonds is 2. The van der Waals surface area contributed by atoms with E-state index in [0.29, 0.717) is 16.6 Å². The molecule has 2 N–H and O–H groups in total. The second-order valence-corrected chi connectivity index (χ2v) is 3.12. The Morgan fingerprint density at radius 3 is 2.87 bits per heavy atom. The highest BCUT2D eigenvalue weighted by Crippen LogP contribution is 2.14. The molecule has 0 fully saturated rings. The molecule has 0 atom stereocenters. The fourth-order valence-corrected chi connectivity index (χ4v) is 1.33. The summed E-state index contributed by atoms with van der Waals surface area (Å²) in [5.41, 5.74) is 1.76. The van der Waals surface area contributed by atoms with Crippen molar-refractivity contribution in [3.8, 4) is 5.88 Å². The van der Waals surface area contributed by atoms with Crippen LogP contribution in [0, 0.1) is 0 Å². The largest absolute Gasteiger partial charge is 0.492 e. The van der Waals surface area contributed by atoms with Gasteiger partial charge in [0.1, 0.15) is 0 Å². The predicted molar refractivity (Wildman–Crippen MR) is 52.5 cm³/mol. The molecule has 0 saturated carbocycles. The summed E-state index contributed by atoms with van der Waals surface area (Å²) in [5, 5.41) is 17.7. The number of aromatic hydroxyl groups is 1. The summed E-state index contributed by atoms with van der Waals surface area (Å²) in [4.78, 5) is 18.3.